The van der Waals surface area contributed by atoms with Gasteiger partial charge >= 0.3 is 18.3 Å². The van der Waals surface area contributed by atoms with Crippen molar-refractivity contribution < 1.29 is 43.0 Å². The lowest BCUT2D eigenvalue weighted by atomic mass is 9.98. The van der Waals surface area contributed by atoms with Crippen LogP contribution in [0.2, 0.25) is 0 Å². The van der Waals surface area contributed by atoms with E-state index in [-0.39, 0.29) is 30.3 Å². The first-order valence-corrected chi connectivity index (χ1v) is 11.7. The van der Waals surface area contributed by atoms with Gasteiger partial charge in [0.15, 0.2) is 0 Å². The zero-order chi connectivity index (χ0) is 31.1. The number of halogens is 2. The number of carboxylic acid groups (broad SMARTS) is 1. The largest absolute Gasteiger partial charge is 0.478 e. The minimum atomic E-state index is -0.990. The maximum absolute atomic E-state index is 13.7. The molecule has 0 bridgehead atoms. The van der Waals surface area contributed by atoms with Crippen LogP contribution in [0.4, 0.5) is 8.78 Å². The Balaban J connectivity index is 0.000000345. The summed E-state index contributed by atoms with van der Waals surface area (Å²) >= 11 is 0. The second-order valence-electron chi connectivity index (χ2n) is 8.42. The van der Waals surface area contributed by atoms with E-state index in [4.69, 9.17) is 29.4 Å². The summed E-state index contributed by atoms with van der Waals surface area (Å²) in [4.78, 5) is 51.1. The fraction of sp³-hybridized carbons (Fsp3) is 0.167. The number of carboxylic acids is 1. The fourth-order valence-corrected chi connectivity index (χ4v) is 3.72. The number of aromatic carboxylic acids is 1. The Morgan fingerprint density at radius 1 is 0.707 bits per heavy atom. The molecule has 9 nitrogen and oxygen atoms in total. The molecule has 2 heterocycles. The standard InChI is InChI=1S/C14H12FNO2.C14H14FNO.2CO2/c1-8-5-10(14(17)18)3-4-11(8)12-6-9(2)16-7-13(12)15;1-9-5-11(8-17)3-4-12(9)13-6-10(2)16-7-14(13)15;2*2-1-3/h3-7H,1-2H3,(H,17,18);3-7,17H,8H2,1-2H3;;. The van der Waals surface area contributed by atoms with Crippen LogP contribution in [0.25, 0.3) is 22.3 Å². The molecule has 41 heavy (non-hydrogen) atoms. The first kappa shape index (κ1) is 33.8. The van der Waals surface area contributed by atoms with Gasteiger partial charge in [0.05, 0.1) is 24.6 Å². The van der Waals surface area contributed by atoms with E-state index >= 15 is 0 Å². The summed E-state index contributed by atoms with van der Waals surface area (Å²) in [6.45, 7) is 7.28. The van der Waals surface area contributed by atoms with E-state index in [1.165, 1.54) is 24.5 Å². The molecule has 0 radical (unpaired) electrons. The second-order valence-corrected chi connectivity index (χ2v) is 8.42. The number of nitrogens with zero attached hydrogens (tertiary/aromatic N) is 2. The quantitative estimate of drug-likeness (QED) is 0.348. The first-order valence-electron chi connectivity index (χ1n) is 11.7. The van der Waals surface area contributed by atoms with E-state index in [0.29, 0.717) is 22.4 Å². The highest BCUT2D eigenvalue weighted by molar-refractivity contribution is 5.89. The summed E-state index contributed by atoms with van der Waals surface area (Å²) in [5.74, 6) is -1.72. The molecule has 0 spiro atoms. The maximum atomic E-state index is 13.7. The number of carbonyl (C=O) groups is 1. The number of aliphatic hydroxyl groups excluding tert-OH is 1. The summed E-state index contributed by atoms with van der Waals surface area (Å²) in [7, 11) is 0. The molecular formula is C30H26F2N2O7. The van der Waals surface area contributed by atoms with Gasteiger partial charge in [-0.1, -0.05) is 24.3 Å². The average Bonchev–Trinajstić information content (AvgIpc) is 2.93. The van der Waals surface area contributed by atoms with E-state index in [1.807, 2.05) is 26.0 Å². The number of aromatic nitrogens is 2. The smallest absolute Gasteiger partial charge is 0.373 e. The molecule has 0 amide bonds. The van der Waals surface area contributed by atoms with Crippen LogP contribution < -0.4 is 0 Å². The van der Waals surface area contributed by atoms with Crippen molar-refractivity contribution in [1.82, 2.24) is 9.97 Å². The normalized spacial score (nSPS) is 9.34. The molecule has 212 valence electrons. The summed E-state index contributed by atoms with van der Waals surface area (Å²) in [6.07, 6.45) is 2.92. The molecule has 0 atom stereocenters. The highest BCUT2D eigenvalue weighted by Gasteiger charge is 2.12. The molecule has 2 aromatic carbocycles. The van der Waals surface area contributed by atoms with Gasteiger partial charge in [-0.05, 0) is 79.8 Å². The molecule has 11 heteroatoms. The molecular weight excluding hydrogens is 538 g/mol. The van der Waals surface area contributed by atoms with E-state index < -0.39 is 11.8 Å². The van der Waals surface area contributed by atoms with E-state index in [0.717, 1.165) is 27.9 Å². The topological polar surface area (TPSA) is 152 Å². The predicted molar refractivity (Wildman–Crippen MR) is 141 cm³/mol. The van der Waals surface area contributed by atoms with Crippen LogP contribution >= 0.6 is 0 Å². The summed E-state index contributed by atoms with van der Waals surface area (Å²) in [6, 6.07) is 13.5. The molecule has 0 unspecified atom stereocenters. The van der Waals surface area contributed by atoms with Gasteiger partial charge in [0, 0.05) is 22.5 Å². The Bertz CT molecular complexity index is 1570. The average molecular weight is 565 g/mol. The van der Waals surface area contributed by atoms with Gasteiger partial charge in [-0.15, -0.1) is 0 Å². The van der Waals surface area contributed by atoms with Crippen LogP contribution in [0, 0.1) is 39.3 Å². The minimum Gasteiger partial charge on any atom is -0.478 e. The number of hydrogen-bond acceptors (Lipinski definition) is 8. The maximum Gasteiger partial charge on any atom is 0.373 e. The van der Waals surface area contributed by atoms with Gasteiger partial charge < -0.3 is 10.2 Å². The van der Waals surface area contributed by atoms with Gasteiger partial charge in [-0.2, -0.15) is 19.2 Å². The summed E-state index contributed by atoms with van der Waals surface area (Å²) in [5, 5.41) is 17.9. The van der Waals surface area contributed by atoms with E-state index in [2.05, 4.69) is 9.97 Å². The third-order valence-electron chi connectivity index (χ3n) is 5.51. The van der Waals surface area contributed by atoms with Gasteiger partial charge in [-0.25, -0.2) is 13.6 Å². The lowest BCUT2D eigenvalue weighted by Crippen LogP contribution is -1.98. The van der Waals surface area contributed by atoms with Crippen LogP contribution in [-0.2, 0) is 25.8 Å². The van der Waals surface area contributed by atoms with Crippen molar-refractivity contribution in [3.63, 3.8) is 0 Å². The zero-order valence-corrected chi connectivity index (χ0v) is 22.6. The van der Waals surface area contributed by atoms with Crippen LogP contribution in [0.1, 0.15) is 38.4 Å². The SMILES string of the molecule is Cc1cc(-c2ccc(C(=O)O)cc2C)c(F)cn1.Cc1cc(-c2ccc(CO)cc2C)c(F)cn1.O=C=O.O=C=O. The third-order valence-corrected chi connectivity index (χ3v) is 5.51. The van der Waals surface area contributed by atoms with Crippen LogP contribution in [0.5, 0.6) is 0 Å². The van der Waals surface area contributed by atoms with Gasteiger partial charge in [-0.3, -0.25) is 9.97 Å². The molecule has 0 fully saturated rings. The summed E-state index contributed by atoms with van der Waals surface area (Å²) in [5.41, 5.74) is 6.71. The van der Waals surface area contributed by atoms with E-state index in [1.54, 1.807) is 38.1 Å². The van der Waals surface area contributed by atoms with Gasteiger partial charge in [0.1, 0.15) is 11.6 Å². The predicted octanol–water partition coefficient (Wildman–Crippen LogP) is 5.03. The van der Waals surface area contributed by atoms with Crippen molar-refractivity contribution in [2.75, 3.05) is 0 Å². The Morgan fingerprint density at radius 3 is 1.49 bits per heavy atom. The fourth-order valence-electron chi connectivity index (χ4n) is 3.72. The van der Waals surface area contributed by atoms with Gasteiger partial charge in [0.2, 0.25) is 0 Å². The third kappa shape index (κ3) is 10.1. The first-order chi connectivity index (χ1) is 19.4. The van der Waals surface area contributed by atoms with Crippen molar-refractivity contribution >= 4 is 18.3 Å². The molecule has 4 rings (SSSR count). The highest BCUT2D eigenvalue weighted by Crippen LogP contribution is 2.28. The molecule has 0 aliphatic carbocycles. The Hall–Kier alpha value is -5.21. The van der Waals surface area contributed by atoms with Gasteiger partial charge in [0.25, 0.3) is 0 Å². The zero-order valence-electron chi connectivity index (χ0n) is 22.6. The number of hydrogen-bond donors (Lipinski definition) is 2. The lowest BCUT2D eigenvalue weighted by molar-refractivity contribution is -0.193. The Kier molecular flexibility index (Phi) is 13.8. The lowest BCUT2D eigenvalue weighted by Gasteiger charge is -2.09. The van der Waals surface area contributed by atoms with Crippen LogP contribution in [0.15, 0.2) is 60.9 Å². The van der Waals surface area contributed by atoms with Crippen LogP contribution in [-0.4, -0.2) is 38.5 Å². The number of benzene rings is 2. The number of aryl methyl sites for hydroxylation is 4. The van der Waals surface area contributed by atoms with Crippen molar-refractivity contribution in [1.29, 1.82) is 0 Å². The monoisotopic (exact) mass is 564 g/mol. The van der Waals surface area contributed by atoms with Crippen molar-refractivity contribution in [2.45, 2.75) is 34.3 Å². The Labute approximate surface area is 234 Å². The molecule has 0 saturated heterocycles. The molecule has 0 saturated carbocycles. The van der Waals surface area contributed by atoms with Crippen LogP contribution in [0.3, 0.4) is 0 Å². The molecule has 4 aromatic rings. The molecule has 2 N–H and O–H groups in total. The van der Waals surface area contributed by atoms with Crippen molar-refractivity contribution in [2.24, 2.45) is 0 Å². The van der Waals surface area contributed by atoms with E-state index in [9.17, 15) is 13.6 Å². The number of carbonyl (C=O) groups excluding carboxylic acids is 4. The summed E-state index contributed by atoms with van der Waals surface area (Å²) < 4.78 is 27.4. The highest BCUT2D eigenvalue weighted by atomic mass is 19.1. The molecule has 2 aromatic heterocycles. The number of pyridine rings is 2. The van der Waals surface area contributed by atoms with Crippen molar-refractivity contribution in [3.8, 4) is 22.3 Å². The Morgan fingerprint density at radius 2 is 1.12 bits per heavy atom. The molecule has 0 aliphatic rings. The van der Waals surface area contributed by atoms with Crippen molar-refractivity contribution in [3.05, 3.63) is 106 Å². The number of rotatable bonds is 4. The minimum absolute atomic E-state index is 0.00102. The second kappa shape index (κ2) is 16.7. The molecule has 0 aliphatic heterocycles. The number of aliphatic hydroxyl groups is 1.